The van der Waals surface area contributed by atoms with E-state index in [1.807, 2.05) is 0 Å². The van der Waals surface area contributed by atoms with E-state index in [9.17, 15) is 18.0 Å². The molecule has 0 aliphatic rings. The number of benzene rings is 1. The van der Waals surface area contributed by atoms with Gasteiger partial charge in [0.25, 0.3) is 5.91 Å². The number of rotatable bonds is 6. The maximum Gasteiger partial charge on any atom is 0.325 e. The van der Waals surface area contributed by atoms with Crippen LogP contribution in [-0.4, -0.2) is 38.0 Å². The van der Waals surface area contributed by atoms with E-state index < -0.39 is 27.9 Å². The zero-order valence-corrected chi connectivity index (χ0v) is 11.9. The Bertz CT molecular complexity index is 595. The second-order valence-electron chi connectivity index (χ2n) is 4.06. The van der Waals surface area contributed by atoms with E-state index in [2.05, 4.69) is 10.0 Å². The fourth-order valence-corrected chi connectivity index (χ4v) is 2.44. The zero-order chi connectivity index (χ0) is 15.3. The highest BCUT2D eigenvalue weighted by molar-refractivity contribution is 7.89. The van der Waals surface area contributed by atoms with Crippen LogP contribution in [-0.2, 0) is 14.8 Å². The van der Waals surface area contributed by atoms with Gasteiger partial charge in [0.15, 0.2) is 0 Å². The van der Waals surface area contributed by atoms with Crippen molar-refractivity contribution in [1.82, 2.24) is 10.0 Å². The first-order chi connectivity index (χ1) is 9.27. The van der Waals surface area contributed by atoms with Crippen LogP contribution in [0.25, 0.3) is 0 Å². The highest BCUT2D eigenvalue weighted by Crippen LogP contribution is 2.10. The molecule has 20 heavy (non-hydrogen) atoms. The number of carbonyl (C=O) groups excluding carboxylic acids is 1. The van der Waals surface area contributed by atoms with Gasteiger partial charge in [-0.2, -0.15) is 0 Å². The molecule has 110 valence electrons. The number of carboxylic acids is 1. The number of sulfonamides is 1. The van der Waals surface area contributed by atoms with E-state index >= 15 is 0 Å². The predicted octanol–water partition coefficient (Wildman–Crippen LogP) is 0.188. The molecular formula is C12H16N2O5S. The van der Waals surface area contributed by atoms with Crippen LogP contribution in [0.3, 0.4) is 0 Å². The third-order valence-corrected chi connectivity index (χ3v) is 4.04. The molecule has 1 aromatic rings. The van der Waals surface area contributed by atoms with Crippen molar-refractivity contribution in [2.24, 2.45) is 0 Å². The number of carbonyl (C=O) groups is 2. The van der Waals surface area contributed by atoms with Gasteiger partial charge in [-0.3, -0.25) is 9.59 Å². The molecule has 0 bridgehead atoms. The maximum absolute atomic E-state index is 11.7. The lowest BCUT2D eigenvalue weighted by molar-refractivity contribution is -0.138. The van der Waals surface area contributed by atoms with Crippen LogP contribution in [0.15, 0.2) is 29.2 Å². The summed E-state index contributed by atoms with van der Waals surface area (Å²) in [6, 6.07) is 4.21. The Kier molecular flexibility index (Phi) is 5.23. The van der Waals surface area contributed by atoms with Crippen LogP contribution in [0.2, 0.25) is 0 Å². The minimum absolute atomic E-state index is 0.0437. The van der Waals surface area contributed by atoms with E-state index in [1.54, 1.807) is 6.92 Å². The Balaban J connectivity index is 2.87. The zero-order valence-electron chi connectivity index (χ0n) is 11.1. The smallest absolute Gasteiger partial charge is 0.325 e. The van der Waals surface area contributed by atoms with Crippen molar-refractivity contribution >= 4 is 21.9 Å². The number of aliphatic carboxylic acids is 1. The number of hydrogen-bond donors (Lipinski definition) is 3. The van der Waals surface area contributed by atoms with Crippen LogP contribution >= 0.6 is 0 Å². The topological polar surface area (TPSA) is 113 Å². The minimum Gasteiger partial charge on any atom is -0.480 e. The van der Waals surface area contributed by atoms with Crippen molar-refractivity contribution in [2.75, 3.05) is 6.54 Å². The van der Waals surface area contributed by atoms with Gasteiger partial charge in [-0.05, 0) is 31.2 Å². The number of carboxylic acid groups (broad SMARTS) is 1. The standard InChI is InChI=1S/C12H16N2O5S/c1-3-13-20(18,19)10-6-4-9(5-7-10)11(15)14-8(2)12(16)17/h4-8,13H,3H2,1-2H3,(H,14,15)(H,16,17). The minimum atomic E-state index is -3.57. The van der Waals surface area contributed by atoms with Crippen molar-refractivity contribution in [3.05, 3.63) is 29.8 Å². The van der Waals surface area contributed by atoms with Crippen molar-refractivity contribution in [2.45, 2.75) is 24.8 Å². The average molecular weight is 300 g/mol. The third-order valence-electron chi connectivity index (χ3n) is 2.48. The van der Waals surface area contributed by atoms with Crippen LogP contribution in [0.5, 0.6) is 0 Å². The molecule has 0 spiro atoms. The first-order valence-electron chi connectivity index (χ1n) is 5.91. The molecule has 0 fully saturated rings. The van der Waals surface area contributed by atoms with E-state index in [0.29, 0.717) is 0 Å². The van der Waals surface area contributed by atoms with E-state index in [1.165, 1.54) is 31.2 Å². The SMILES string of the molecule is CCNS(=O)(=O)c1ccc(C(=O)NC(C)C(=O)O)cc1. The van der Waals surface area contributed by atoms with E-state index in [-0.39, 0.29) is 17.0 Å². The van der Waals surface area contributed by atoms with Gasteiger partial charge in [-0.15, -0.1) is 0 Å². The Morgan fingerprint density at radius 3 is 2.25 bits per heavy atom. The van der Waals surface area contributed by atoms with Gasteiger partial charge in [0.2, 0.25) is 10.0 Å². The van der Waals surface area contributed by atoms with E-state index in [0.717, 1.165) is 0 Å². The summed E-state index contributed by atoms with van der Waals surface area (Å²) in [7, 11) is -3.57. The fraction of sp³-hybridized carbons (Fsp3) is 0.333. The van der Waals surface area contributed by atoms with Crippen molar-refractivity contribution in [3.8, 4) is 0 Å². The quantitative estimate of drug-likeness (QED) is 0.694. The molecule has 1 amide bonds. The average Bonchev–Trinajstić information content (AvgIpc) is 2.38. The summed E-state index contributed by atoms with van der Waals surface area (Å²) in [6.45, 7) is 3.26. The van der Waals surface area contributed by atoms with Gasteiger partial charge in [0.1, 0.15) is 6.04 Å². The third kappa shape index (κ3) is 4.04. The molecule has 1 unspecified atom stereocenters. The summed E-state index contributed by atoms with van der Waals surface area (Å²) in [5.41, 5.74) is 0.188. The molecule has 0 saturated carbocycles. The molecule has 0 aliphatic carbocycles. The molecule has 0 radical (unpaired) electrons. The highest BCUT2D eigenvalue weighted by atomic mass is 32.2. The predicted molar refractivity (Wildman–Crippen MR) is 71.9 cm³/mol. The summed E-state index contributed by atoms with van der Waals surface area (Å²) in [5, 5.41) is 11.0. The monoisotopic (exact) mass is 300 g/mol. The van der Waals surface area contributed by atoms with Crippen LogP contribution in [0.4, 0.5) is 0 Å². The van der Waals surface area contributed by atoms with Gasteiger partial charge in [0.05, 0.1) is 4.90 Å². The fourth-order valence-electron chi connectivity index (χ4n) is 1.40. The van der Waals surface area contributed by atoms with Gasteiger partial charge >= 0.3 is 5.97 Å². The number of nitrogens with one attached hydrogen (secondary N) is 2. The molecule has 0 heterocycles. The van der Waals surface area contributed by atoms with Gasteiger partial charge < -0.3 is 10.4 Å². The Morgan fingerprint density at radius 2 is 1.80 bits per heavy atom. The highest BCUT2D eigenvalue weighted by Gasteiger charge is 2.17. The van der Waals surface area contributed by atoms with Crippen LogP contribution < -0.4 is 10.0 Å². The number of hydrogen-bond acceptors (Lipinski definition) is 4. The molecule has 0 aromatic heterocycles. The van der Waals surface area contributed by atoms with Crippen molar-refractivity contribution in [3.63, 3.8) is 0 Å². The van der Waals surface area contributed by atoms with Crippen LogP contribution in [0.1, 0.15) is 24.2 Å². The summed E-state index contributed by atoms with van der Waals surface area (Å²) < 4.78 is 25.7. The summed E-state index contributed by atoms with van der Waals surface area (Å²) in [4.78, 5) is 22.4. The van der Waals surface area contributed by atoms with Crippen molar-refractivity contribution in [1.29, 1.82) is 0 Å². The van der Waals surface area contributed by atoms with Crippen molar-refractivity contribution < 1.29 is 23.1 Å². The van der Waals surface area contributed by atoms with Gasteiger partial charge in [-0.1, -0.05) is 6.92 Å². The first kappa shape index (κ1) is 16.1. The molecule has 0 saturated heterocycles. The lowest BCUT2D eigenvalue weighted by atomic mass is 10.2. The van der Waals surface area contributed by atoms with Gasteiger partial charge in [0, 0.05) is 12.1 Å². The Hall–Kier alpha value is -1.93. The molecule has 1 atom stereocenters. The number of amides is 1. The molecule has 7 nitrogen and oxygen atoms in total. The Labute approximate surface area is 117 Å². The second kappa shape index (κ2) is 6.49. The maximum atomic E-state index is 11.7. The lowest BCUT2D eigenvalue weighted by Crippen LogP contribution is -2.38. The van der Waals surface area contributed by atoms with Crippen LogP contribution in [0, 0.1) is 0 Å². The van der Waals surface area contributed by atoms with E-state index in [4.69, 9.17) is 5.11 Å². The second-order valence-corrected chi connectivity index (χ2v) is 5.83. The normalized spacial score (nSPS) is 12.7. The first-order valence-corrected chi connectivity index (χ1v) is 7.39. The molecule has 1 aromatic carbocycles. The Morgan fingerprint density at radius 1 is 1.25 bits per heavy atom. The molecule has 8 heteroatoms. The summed E-state index contributed by atoms with van der Waals surface area (Å²) >= 11 is 0. The van der Waals surface area contributed by atoms with Gasteiger partial charge in [-0.25, -0.2) is 13.1 Å². The summed E-state index contributed by atoms with van der Waals surface area (Å²) in [5.74, 6) is -1.73. The molecule has 0 aliphatic heterocycles. The summed E-state index contributed by atoms with van der Waals surface area (Å²) in [6.07, 6.45) is 0. The molecular weight excluding hydrogens is 284 g/mol. The largest absolute Gasteiger partial charge is 0.480 e. The molecule has 1 rings (SSSR count). The molecule has 3 N–H and O–H groups in total. The lowest BCUT2D eigenvalue weighted by Gasteiger charge is -2.10.